The van der Waals surface area contributed by atoms with Crippen LogP contribution in [0.4, 0.5) is 0 Å². The molecule has 0 bridgehead atoms. The molecular weight excluding hydrogens is 264 g/mol. The lowest BCUT2D eigenvalue weighted by Gasteiger charge is -2.28. The molecule has 0 spiro atoms. The molecule has 0 aromatic heterocycles. The SMILES string of the molecule is CN(CC(O)COCc1ccccc1)CC1CCCNC1. The van der Waals surface area contributed by atoms with Crippen molar-refractivity contribution in [2.45, 2.75) is 25.6 Å². The average molecular weight is 292 g/mol. The Hall–Kier alpha value is -0.940. The van der Waals surface area contributed by atoms with E-state index >= 15 is 0 Å². The third kappa shape index (κ3) is 6.57. The maximum atomic E-state index is 10.0. The van der Waals surface area contributed by atoms with Crippen LogP contribution in [0, 0.1) is 5.92 Å². The highest BCUT2D eigenvalue weighted by Gasteiger charge is 2.16. The molecule has 1 heterocycles. The van der Waals surface area contributed by atoms with E-state index in [0.717, 1.165) is 25.2 Å². The number of hydrogen-bond donors (Lipinski definition) is 2. The van der Waals surface area contributed by atoms with E-state index < -0.39 is 6.10 Å². The molecule has 1 saturated heterocycles. The molecule has 21 heavy (non-hydrogen) atoms. The lowest BCUT2D eigenvalue weighted by molar-refractivity contribution is 0.0114. The molecule has 4 heteroatoms. The van der Waals surface area contributed by atoms with Crippen molar-refractivity contribution in [1.82, 2.24) is 10.2 Å². The van der Waals surface area contributed by atoms with Gasteiger partial charge in [0.2, 0.25) is 0 Å². The predicted molar refractivity (Wildman–Crippen MR) is 85.2 cm³/mol. The largest absolute Gasteiger partial charge is 0.389 e. The van der Waals surface area contributed by atoms with Crippen molar-refractivity contribution in [2.24, 2.45) is 5.92 Å². The third-order valence-electron chi connectivity index (χ3n) is 3.91. The number of piperidine rings is 1. The van der Waals surface area contributed by atoms with E-state index in [1.807, 2.05) is 30.3 Å². The number of aliphatic hydroxyl groups is 1. The molecule has 2 N–H and O–H groups in total. The van der Waals surface area contributed by atoms with Crippen molar-refractivity contribution >= 4 is 0 Å². The number of benzene rings is 1. The molecule has 4 nitrogen and oxygen atoms in total. The molecule has 0 aliphatic carbocycles. The van der Waals surface area contributed by atoms with E-state index in [-0.39, 0.29) is 0 Å². The molecule has 1 aromatic carbocycles. The molecule has 1 fully saturated rings. The van der Waals surface area contributed by atoms with Crippen LogP contribution in [-0.2, 0) is 11.3 Å². The van der Waals surface area contributed by atoms with Gasteiger partial charge >= 0.3 is 0 Å². The predicted octanol–water partition coefficient (Wildman–Crippen LogP) is 1.50. The van der Waals surface area contributed by atoms with Gasteiger partial charge in [0.1, 0.15) is 0 Å². The summed E-state index contributed by atoms with van der Waals surface area (Å²) in [5.41, 5.74) is 1.14. The standard InChI is InChI=1S/C17H28N2O2/c1-19(11-16-8-5-9-18-10-16)12-17(20)14-21-13-15-6-3-2-4-7-15/h2-4,6-7,16-18,20H,5,8-14H2,1H3. The summed E-state index contributed by atoms with van der Waals surface area (Å²) in [4.78, 5) is 2.22. The highest BCUT2D eigenvalue weighted by Crippen LogP contribution is 2.11. The van der Waals surface area contributed by atoms with Gasteiger partial charge in [0.25, 0.3) is 0 Å². The fourth-order valence-corrected chi connectivity index (χ4v) is 2.89. The van der Waals surface area contributed by atoms with Gasteiger partial charge in [-0.2, -0.15) is 0 Å². The van der Waals surface area contributed by atoms with E-state index in [0.29, 0.717) is 25.7 Å². The van der Waals surface area contributed by atoms with Crippen molar-refractivity contribution in [3.63, 3.8) is 0 Å². The zero-order valence-electron chi connectivity index (χ0n) is 13.0. The number of ether oxygens (including phenoxy) is 1. The summed E-state index contributed by atoms with van der Waals surface area (Å²) >= 11 is 0. The normalized spacial score (nSPS) is 20.6. The van der Waals surface area contributed by atoms with Gasteiger partial charge in [-0.25, -0.2) is 0 Å². The Morgan fingerprint density at radius 1 is 1.38 bits per heavy atom. The summed E-state index contributed by atoms with van der Waals surface area (Å²) < 4.78 is 5.58. The van der Waals surface area contributed by atoms with Crippen LogP contribution in [0.25, 0.3) is 0 Å². The van der Waals surface area contributed by atoms with E-state index in [1.54, 1.807) is 0 Å². The van der Waals surface area contributed by atoms with Crippen LogP contribution in [0.5, 0.6) is 0 Å². The number of rotatable bonds is 8. The minimum absolute atomic E-state index is 0.391. The first-order valence-corrected chi connectivity index (χ1v) is 7.93. The first kappa shape index (κ1) is 16.4. The molecule has 1 aliphatic rings. The zero-order valence-corrected chi connectivity index (χ0v) is 13.0. The maximum absolute atomic E-state index is 10.0. The maximum Gasteiger partial charge on any atom is 0.0900 e. The van der Waals surface area contributed by atoms with Gasteiger partial charge in [0.15, 0.2) is 0 Å². The van der Waals surface area contributed by atoms with Gasteiger partial charge in [0, 0.05) is 13.1 Å². The summed E-state index contributed by atoms with van der Waals surface area (Å²) in [7, 11) is 2.08. The molecule has 2 atom stereocenters. The van der Waals surface area contributed by atoms with Gasteiger partial charge in [0.05, 0.1) is 19.3 Å². The smallest absolute Gasteiger partial charge is 0.0900 e. The Bertz CT molecular complexity index is 380. The molecule has 2 rings (SSSR count). The average Bonchev–Trinajstić information content (AvgIpc) is 2.49. The first-order valence-electron chi connectivity index (χ1n) is 7.93. The summed E-state index contributed by atoms with van der Waals surface area (Å²) in [5, 5.41) is 13.5. The number of aliphatic hydroxyl groups excluding tert-OH is 1. The summed E-state index contributed by atoms with van der Waals surface area (Å²) in [6.07, 6.45) is 2.13. The van der Waals surface area contributed by atoms with Crippen LogP contribution < -0.4 is 5.32 Å². The summed E-state index contributed by atoms with van der Waals surface area (Å²) in [5.74, 6) is 0.709. The Balaban J connectivity index is 1.58. The Morgan fingerprint density at radius 3 is 2.90 bits per heavy atom. The van der Waals surface area contributed by atoms with Crippen molar-refractivity contribution in [1.29, 1.82) is 0 Å². The second-order valence-corrected chi connectivity index (χ2v) is 6.09. The Kier molecular flexibility index (Phi) is 7.16. The van der Waals surface area contributed by atoms with Gasteiger partial charge in [-0.05, 0) is 44.5 Å². The van der Waals surface area contributed by atoms with Crippen LogP contribution in [0.2, 0.25) is 0 Å². The Labute approximate surface area is 128 Å². The van der Waals surface area contributed by atoms with Crippen molar-refractivity contribution < 1.29 is 9.84 Å². The van der Waals surface area contributed by atoms with Crippen LogP contribution in [0.3, 0.4) is 0 Å². The molecule has 0 radical (unpaired) electrons. The fourth-order valence-electron chi connectivity index (χ4n) is 2.89. The molecule has 1 aromatic rings. The lowest BCUT2D eigenvalue weighted by atomic mass is 9.99. The van der Waals surface area contributed by atoms with Crippen molar-refractivity contribution in [3.8, 4) is 0 Å². The van der Waals surface area contributed by atoms with Crippen LogP contribution in [-0.4, -0.2) is 55.9 Å². The minimum Gasteiger partial charge on any atom is -0.389 e. The fraction of sp³-hybridized carbons (Fsp3) is 0.647. The van der Waals surface area contributed by atoms with Gasteiger partial charge in [-0.15, -0.1) is 0 Å². The van der Waals surface area contributed by atoms with Crippen molar-refractivity contribution in [3.05, 3.63) is 35.9 Å². The summed E-state index contributed by atoms with van der Waals surface area (Å²) in [6.45, 7) is 4.92. The third-order valence-corrected chi connectivity index (χ3v) is 3.91. The second-order valence-electron chi connectivity index (χ2n) is 6.09. The lowest BCUT2D eigenvalue weighted by Crippen LogP contribution is -2.40. The quantitative estimate of drug-likeness (QED) is 0.762. The van der Waals surface area contributed by atoms with Crippen molar-refractivity contribution in [2.75, 3.05) is 39.8 Å². The second kappa shape index (κ2) is 9.15. The van der Waals surface area contributed by atoms with Crippen LogP contribution in [0.15, 0.2) is 30.3 Å². The van der Waals surface area contributed by atoms with Crippen LogP contribution in [0.1, 0.15) is 18.4 Å². The number of hydrogen-bond acceptors (Lipinski definition) is 4. The minimum atomic E-state index is -0.421. The molecule has 1 aliphatic heterocycles. The molecular formula is C17H28N2O2. The van der Waals surface area contributed by atoms with E-state index in [4.69, 9.17) is 4.74 Å². The Morgan fingerprint density at radius 2 is 2.19 bits per heavy atom. The highest BCUT2D eigenvalue weighted by atomic mass is 16.5. The molecule has 0 saturated carbocycles. The molecule has 118 valence electrons. The van der Waals surface area contributed by atoms with E-state index in [9.17, 15) is 5.11 Å². The number of nitrogens with one attached hydrogen (secondary N) is 1. The number of likely N-dealkylation sites (N-methyl/N-ethyl adjacent to an activating group) is 1. The number of nitrogens with zero attached hydrogens (tertiary/aromatic N) is 1. The van der Waals surface area contributed by atoms with Crippen LogP contribution >= 0.6 is 0 Å². The van der Waals surface area contributed by atoms with Gasteiger partial charge in [-0.3, -0.25) is 0 Å². The summed E-state index contributed by atoms with van der Waals surface area (Å²) in [6, 6.07) is 10.1. The first-order chi connectivity index (χ1) is 10.2. The monoisotopic (exact) mass is 292 g/mol. The van der Waals surface area contributed by atoms with Gasteiger partial charge < -0.3 is 20.1 Å². The van der Waals surface area contributed by atoms with E-state index in [2.05, 4.69) is 17.3 Å². The molecule has 2 unspecified atom stereocenters. The highest BCUT2D eigenvalue weighted by molar-refractivity contribution is 5.13. The molecule has 0 amide bonds. The zero-order chi connectivity index (χ0) is 14.9. The van der Waals surface area contributed by atoms with Gasteiger partial charge in [-0.1, -0.05) is 30.3 Å². The van der Waals surface area contributed by atoms with E-state index in [1.165, 1.54) is 12.8 Å². The topological polar surface area (TPSA) is 44.7 Å².